The Labute approximate surface area is 126 Å². The van der Waals surface area contributed by atoms with Crippen LogP contribution in [0.5, 0.6) is 5.75 Å². The van der Waals surface area contributed by atoms with Crippen molar-refractivity contribution >= 4 is 6.03 Å². The smallest absolute Gasteiger partial charge is 0.317 e. The van der Waals surface area contributed by atoms with Gasteiger partial charge >= 0.3 is 6.03 Å². The monoisotopic (exact) mass is 292 g/mol. The van der Waals surface area contributed by atoms with Gasteiger partial charge in [0.25, 0.3) is 0 Å². The lowest BCUT2D eigenvalue weighted by molar-refractivity contribution is 0.0530. The van der Waals surface area contributed by atoms with Gasteiger partial charge in [0, 0.05) is 13.1 Å². The van der Waals surface area contributed by atoms with Crippen LogP contribution >= 0.6 is 0 Å². The number of urea groups is 1. The molecule has 0 atom stereocenters. The number of benzene rings is 1. The zero-order valence-electron chi connectivity index (χ0n) is 13.1. The van der Waals surface area contributed by atoms with Crippen molar-refractivity contribution in [1.29, 1.82) is 0 Å². The molecule has 116 valence electrons. The van der Waals surface area contributed by atoms with E-state index in [1.807, 2.05) is 6.92 Å². The van der Waals surface area contributed by atoms with Gasteiger partial charge in [0.1, 0.15) is 12.4 Å². The molecule has 2 amide bonds. The molecule has 1 fully saturated rings. The van der Waals surface area contributed by atoms with E-state index < -0.39 is 0 Å². The van der Waals surface area contributed by atoms with E-state index in [4.69, 9.17) is 9.47 Å². The van der Waals surface area contributed by atoms with Gasteiger partial charge < -0.3 is 19.7 Å². The maximum absolute atomic E-state index is 11.9. The number of aryl methyl sites for hydroxylation is 3. The Morgan fingerprint density at radius 1 is 1.19 bits per heavy atom. The summed E-state index contributed by atoms with van der Waals surface area (Å²) in [6, 6.07) is 4.13. The summed E-state index contributed by atoms with van der Waals surface area (Å²) in [5.74, 6) is 0.888. The Bertz CT molecular complexity index is 497. The lowest BCUT2D eigenvalue weighted by Crippen LogP contribution is -2.47. The Hall–Kier alpha value is -1.75. The van der Waals surface area contributed by atoms with Crippen LogP contribution in [-0.4, -0.2) is 50.4 Å². The Balaban J connectivity index is 1.74. The highest BCUT2D eigenvalue weighted by molar-refractivity contribution is 5.74. The maximum atomic E-state index is 11.9. The van der Waals surface area contributed by atoms with E-state index in [0.717, 1.165) is 11.3 Å². The van der Waals surface area contributed by atoms with E-state index in [-0.39, 0.29) is 6.03 Å². The third-order valence-electron chi connectivity index (χ3n) is 3.73. The Morgan fingerprint density at radius 2 is 1.86 bits per heavy atom. The molecule has 1 saturated heterocycles. The summed E-state index contributed by atoms with van der Waals surface area (Å²) in [5, 5.41) is 2.87. The van der Waals surface area contributed by atoms with E-state index in [9.17, 15) is 4.79 Å². The van der Waals surface area contributed by atoms with E-state index >= 15 is 0 Å². The zero-order chi connectivity index (χ0) is 15.2. The van der Waals surface area contributed by atoms with Gasteiger partial charge in [0.15, 0.2) is 0 Å². The molecule has 0 radical (unpaired) electrons. The summed E-state index contributed by atoms with van der Waals surface area (Å²) in [4.78, 5) is 13.6. The largest absolute Gasteiger partial charge is 0.491 e. The van der Waals surface area contributed by atoms with Crippen LogP contribution in [0.25, 0.3) is 0 Å². The predicted octanol–water partition coefficient (Wildman–Crippen LogP) is 2.03. The van der Waals surface area contributed by atoms with Gasteiger partial charge in [-0.15, -0.1) is 0 Å². The van der Waals surface area contributed by atoms with Crippen LogP contribution in [0, 0.1) is 20.8 Å². The molecule has 5 nitrogen and oxygen atoms in total. The number of hydrogen-bond donors (Lipinski definition) is 1. The first-order chi connectivity index (χ1) is 10.1. The lowest BCUT2D eigenvalue weighted by atomic mass is 10.1. The van der Waals surface area contributed by atoms with Crippen LogP contribution in [0.3, 0.4) is 0 Å². The van der Waals surface area contributed by atoms with E-state index in [1.165, 1.54) is 11.1 Å². The van der Waals surface area contributed by atoms with E-state index in [1.54, 1.807) is 4.90 Å². The molecule has 0 bridgehead atoms. The SMILES string of the molecule is Cc1cc(C)c(OCCNC(=O)N2CCOCC2)cc1C. The quantitative estimate of drug-likeness (QED) is 0.864. The lowest BCUT2D eigenvalue weighted by Gasteiger charge is -2.26. The van der Waals surface area contributed by atoms with Crippen LogP contribution in [0.1, 0.15) is 16.7 Å². The second-order valence-electron chi connectivity index (χ2n) is 5.38. The fraction of sp³-hybridized carbons (Fsp3) is 0.562. The number of rotatable bonds is 4. The first-order valence-corrected chi connectivity index (χ1v) is 7.39. The highest BCUT2D eigenvalue weighted by Gasteiger charge is 2.15. The highest BCUT2D eigenvalue weighted by Crippen LogP contribution is 2.22. The minimum absolute atomic E-state index is 0.0429. The molecule has 1 aromatic carbocycles. The van der Waals surface area contributed by atoms with Gasteiger partial charge in [0.2, 0.25) is 0 Å². The topological polar surface area (TPSA) is 50.8 Å². The van der Waals surface area contributed by atoms with Gasteiger partial charge in [-0.3, -0.25) is 0 Å². The number of ether oxygens (including phenoxy) is 2. The average molecular weight is 292 g/mol. The second-order valence-corrected chi connectivity index (χ2v) is 5.38. The van der Waals surface area contributed by atoms with Crippen molar-refractivity contribution in [2.45, 2.75) is 20.8 Å². The van der Waals surface area contributed by atoms with Crippen molar-refractivity contribution in [3.05, 3.63) is 28.8 Å². The molecule has 1 aromatic rings. The molecule has 1 aliphatic rings. The summed E-state index contributed by atoms with van der Waals surface area (Å²) < 4.78 is 11.0. The second kappa shape index (κ2) is 7.31. The van der Waals surface area contributed by atoms with Crippen LogP contribution in [0.15, 0.2) is 12.1 Å². The van der Waals surface area contributed by atoms with E-state index in [0.29, 0.717) is 39.5 Å². The summed E-state index contributed by atoms with van der Waals surface area (Å²) in [5.41, 5.74) is 3.60. The summed E-state index contributed by atoms with van der Waals surface area (Å²) in [6.45, 7) is 9.72. The molecule has 21 heavy (non-hydrogen) atoms. The molecular formula is C16H24N2O3. The number of nitrogens with one attached hydrogen (secondary N) is 1. The van der Waals surface area contributed by atoms with E-state index in [2.05, 4.69) is 31.3 Å². The van der Waals surface area contributed by atoms with Gasteiger partial charge in [-0.05, 0) is 43.5 Å². The van der Waals surface area contributed by atoms with Crippen molar-refractivity contribution in [3.8, 4) is 5.75 Å². The minimum Gasteiger partial charge on any atom is -0.491 e. The van der Waals surface area contributed by atoms with Crippen molar-refractivity contribution in [3.63, 3.8) is 0 Å². The number of carbonyl (C=O) groups excluding carboxylic acids is 1. The molecule has 2 rings (SSSR count). The molecule has 1 heterocycles. The third kappa shape index (κ3) is 4.36. The van der Waals surface area contributed by atoms with Gasteiger partial charge in [-0.1, -0.05) is 6.07 Å². The van der Waals surface area contributed by atoms with Gasteiger partial charge in [-0.25, -0.2) is 4.79 Å². The number of morpholine rings is 1. The number of amides is 2. The summed E-state index contributed by atoms with van der Waals surface area (Å²) in [6.07, 6.45) is 0. The van der Waals surface area contributed by atoms with Crippen LogP contribution in [0.4, 0.5) is 4.79 Å². The maximum Gasteiger partial charge on any atom is 0.317 e. The zero-order valence-corrected chi connectivity index (χ0v) is 13.1. The normalized spacial score (nSPS) is 14.9. The van der Waals surface area contributed by atoms with Crippen LogP contribution < -0.4 is 10.1 Å². The third-order valence-corrected chi connectivity index (χ3v) is 3.73. The fourth-order valence-corrected chi connectivity index (χ4v) is 2.29. The summed E-state index contributed by atoms with van der Waals surface area (Å²) >= 11 is 0. The fourth-order valence-electron chi connectivity index (χ4n) is 2.29. The molecule has 0 spiro atoms. The standard InChI is InChI=1S/C16H24N2O3/c1-12-10-14(3)15(11-13(12)2)21-7-4-17-16(19)18-5-8-20-9-6-18/h10-11H,4-9H2,1-3H3,(H,17,19). The molecule has 1 N–H and O–H groups in total. The van der Waals surface area contributed by atoms with Crippen molar-refractivity contribution in [2.24, 2.45) is 0 Å². The molecule has 0 saturated carbocycles. The number of nitrogens with zero attached hydrogens (tertiary/aromatic N) is 1. The van der Waals surface area contributed by atoms with Gasteiger partial charge in [0.05, 0.1) is 19.8 Å². The molecule has 0 unspecified atom stereocenters. The molecular weight excluding hydrogens is 268 g/mol. The Kier molecular flexibility index (Phi) is 5.44. The molecule has 5 heteroatoms. The minimum atomic E-state index is -0.0429. The predicted molar refractivity (Wildman–Crippen MR) is 81.9 cm³/mol. The highest BCUT2D eigenvalue weighted by atomic mass is 16.5. The van der Waals surface area contributed by atoms with Gasteiger partial charge in [-0.2, -0.15) is 0 Å². The first-order valence-electron chi connectivity index (χ1n) is 7.39. The van der Waals surface area contributed by atoms with Crippen LogP contribution in [-0.2, 0) is 4.74 Å². The first kappa shape index (κ1) is 15.6. The molecule has 1 aliphatic heterocycles. The average Bonchev–Trinajstić information content (AvgIpc) is 2.49. The summed E-state index contributed by atoms with van der Waals surface area (Å²) in [7, 11) is 0. The molecule has 0 aliphatic carbocycles. The van der Waals surface area contributed by atoms with Crippen molar-refractivity contribution < 1.29 is 14.3 Å². The Morgan fingerprint density at radius 3 is 2.57 bits per heavy atom. The van der Waals surface area contributed by atoms with Crippen molar-refractivity contribution in [2.75, 3.05) is 39.5 Å². The van der Waals surface area contributed by atoms with Crippen LogP contribution in [0.2, 0.25) is 0 Å². The molecule has 0 aromatic heterocycles. The number of hydrogen-bond acceptors (Lipinski definition) is 3. The van der Waals surface area contributed by atoms with Crippen molar-refractivity contribution in [1.82, 2.24) is 10.2 Å². The number of carbonyl (C=O) groups is 1.